The highest BCUT2D eigenvalue weighted by Gasteiger charge is 2.16. The first-order valence-electron chi connectivity index (χ1n) is 5.91. The molecule has 0 bridgehead atoms. The van der Waals surface area contributed by atoms with Crippen LogP contribution in [0.3, 0.4) is 0 Å². The lowest BCUT2D eigenvalue weighted by atomic mass is 9.98. The summed E-state index contributed by atoms with van der Waals surface area (Å²) >= 11 is 18.5. The van der Waals surface area contributed by atoms with Gasteiger partial charge in [0, 0.05) is 15.1 Å². The molecule has 0 aliphatic carbocycles. The topological polar surface area (TPSA) is 12.0 Å². The SMILES string of the molecule is CNC(c1ccc(C)c(Cl)c1)c1cc(Cl)ccc1Cl. The normalized spacial score (nSPS) is 12.5. The van der Waals surface area contributed by atoms with Gasteiger partial charge in [-0.2, -0.15) is 0 Å². The van der Waals surface area contributed by atoms with Gasteiger partial charge in [-0.05, 0) is 54.9 Å². The van der Waals surface area contributed by atoms with Crippen LogP contribution in [0.15, 0.2) is 36.4 Å². The minimum Gasteiger partial charge on any atom is -0.309 e. The molecule has 1 atom stereocenters. The summed E-state index contributed by atoms with van der Waals surface area (Å²) < 4.78 is 0. The fraction of sp³-hybridized carbons (Fsp3) is 0.200. The van der Waals surface area contributed by atoms with Crippen molar-refractivity contribution in [2.24, 2.45) is 0 Å². The van der Waals surface area contributed by atoms with Crippen LogP contribution < -0.4 is 5.32 Å². The minimum absolute atomic E-state index is 0.0377. The lowest BCUT2D eigenvalue weighted by Gasteiger charge is -2.19. The summed E-state index contributed by atoms with van der Waals surface area (Å²) in [5.74, 6) is 0. The molecular formula is C15H14Cl3N. The van der Waals surface area contributed by atoms with Gasteiger partial charge in [-0.15, -0.1) is 0 Å². The standard InChI is InChI=1S/C15H14Cl3N/c1-9-3-4-10(7-14(9)18)15(19-2)12-8-11(16)5-6-13(12)17/h3-8,15,19H,1-2H3. The maximum atomic E-state index is 6.26. The quantitative estimate of drug-likeness (QED) is 0.814. The Morgan fingerprint density at radius 1 is 0.947 bits per heavy atom. The summed E-state index contributed by atoms with van der Waals surface area (Å²) in [5, 5.41) is 5.34. The highest BCUT2D eigenvalue weighted by molar-refractivity contribution is 6.33. The Bertz CT molecular complexity index is 596. The van der Waals surface area contributed by atoms with E-state index in [1.165, 1.54) is 0 Å². The van der Waals surface area contributed by atoms with Crippen molar-refractivity contribution >= 4 is 34.8 Å². The van der Waals surface area contributed by atoms with Crippen molar-refractivity contribution in [1.29, 1.82) is 0 Å². The first kappa shape index (κ1) is 14.7. The average molecular weight is 315 g/mol. The molecule has 0 saturated heterocycles. The molecule has 19 heavy (non-hydrogen) atoms. The molecule has 0 heterocycles. The van der Waals surface area contributed by atoms with Crippen LogP contribution in [0.4, 0.5) is 0 Å². The molecule has 1 N–H and O–H groups in total. The third kappa shape index (κ3) is 3.24. The van der Waals surface area contributed by atoms with Gasteiger partial charge in [-0.1, -0.05) is 46.9 Å². The van der Waals surface area contributed by atoms with Gasteiger partial charge in [0.1, 0.15) is 0 Å². The number of hydrogen-bond donors (Lipinski definition) is 1. The monoisotopic (exact) mass is 313 g/mol. The van der Waals surface area contributed by atoms with E-state index in [0.717, 1.165) is 21.7 Å². The highest BCUT2D eigenvalue weighted by atomic mass is 35.5. The molecule has 2 aromatic rings. The first-order chi connectivity index (χ1) is 9.02. The van der Waals surface area contributed by atoms with Crippen molar-refractivity contribution in [3.63, 3.8) is 0 Å². The molecule has 1 unspecified atom stereocenters. The smallest absolute Gasteiger partial charge is 0.0590 e. The van der Waals surface area contributed by atoms with Gasteiger partial charge >= 0.3 is 0 Å². The number of hydrogen-bond acceptors (Lipinski definition) is 1. The van der Waals surface area contributed by atoms with Gasteiger partial charge in [0.05, 0.1) is 6.04 Å². The second-order valence-electron chi connectivity index (χ2n) is 4.40. The predicted molar refractivity (Wildman–Crippen MR) is 83.6 cm³/mol. The molecule has 2 aromatic carbocycles. The largest absolute Gasteiger partial charge is 0.309 e. The number of aryl methyl sites for hydroxylation is 1. The second kappa shape index (κ2) is 6.15. The molecule has 2 rings (SSSR count). The summed E-state index contributed by atoms with van der Waals surface area (Å²) in [6.45, 7) is 1.98. The molecule has 0 fully saturated rings. The van der Waals surface area contributed by atoms with Crippen molar-refractivity contribution < 1.29 is 0 Å². The molecule has 100 valence electrons. The van der Waals surface area contributed by atoms with Crippen LogP contribution in [0.25, 0.3) is 0 Å². The van der Waals surface area contributed by atoms with Crippen LogP contribution in [-0.4, -0.2) is 7.05 Å². The molecule has 4 heteroatoms. The van der Waals surface area contributed by atoms with Crippen molar-refractivity contribution in [3.05, 3.63) is 68.2 Å². The fourth-order valence-corrected chi connectivity index (χ4v) is 2.62. The number of benzene rings is 2. The lowest BCUT2D eigenvalue weighted by Crippen LogP contribution is -2.18. The Morgan fingerprint density at radius 2 is 1.68 bits per heavy atom. The Morgan fingerprint density at radius 3 is 2.32 bits per heavy atom. The Kier molecular flexibility index (Phi) is 4.75. The van der Waals surface area contributed by atoms with Crippen LogP contribution in [-0.2, 0) is 0 Å². The molecule has 0 aromatic heterocycles. The zero-order chi connectivity index (χ0) is 14.0. The Labute approximate surface area is 128 Å². The van der Waals surface area contributed by atoms with Crippen molar-refractivity contribution in [1.82, 2.24) is 5.32 Å². The van der Waals surface area contributed by atoms with E-state index in [2.05, 4.69) is 5.32 Å². The van der Waals surface area contributed by atoms with Crippen molar-refractivity contribution in [2.45, 2.75) is 13.0 Å². The van der Waals surface area contributed by atoms with Crippen LogP contribution in [0, 0.1) is 6.92 Å². The van der Waals surface area contributed by atoms with E-state index in [1.807, 2.05) is 38.2 Å². The molecule has 0 aliphatic heterocycles. The maximum Gasteiger partial charge on any atom is 0.0590 e. The maximum absolute atomic E-state index is 6.26. The Hall–Kier alpha value is -0.730. The molecule has 0 spiro atoms. The average Bonchev–Trinajstić information content (AvgIpc) is 2.38. The van der Waals surface area contributed by atoms with E-state index in [1.54, 1.807) is 12.1 Å². The number of nitrogens with one attached hydrogen (secondary N) is 1. The zero-order valence-electron chi connectivity index (χ0n) is 10.7. The number of rotatable bonds is 3. The lowest BCUT2D eigenvalue weighted by molar-refractivity contribution is 0.692. The summed E-state index contributed by atoms with van der Waals surface area (Å²) in [4.78, 5) is 0. The second-order valence-corrected chi connectivity index (χ2v) is 5.65. The van der Waals surface area contributed by atoms with E-state index in [4.69, 9.17) is 34.8 Å². The molecule has 0 saturated carbocycles. The third-order valence-electron chi connectivity index (χ3n) is 3.09. The first-order valence-corrected chi connectivity index (χ1v) is 7.04. The molecule has 1 nitrogen and oxygen atoms in total. The van der Waals surface area contributed by atoms with Crippen LogP contribution in [0.5, 0.6) is 0 Å². The molecule has 0 radical (unpaired) electrons. The summed E-state index contributed by atoms with van der Waals surface area (Å²) in [7, 11) is 1.88. The summed E-state index contributed by atoms with van der Waals surface area (Å²) in [6, 6.07) is 11.4. The van der Waals surface area contributed by atoms with Crippen molar-refractivity contribution in [2.75, 3.05) is 7.05 Å². The van der Waals surface area contributed by atoms with Gasteiger partial charge in [0.25, 0.3) is 0 Å². The van der Waals surface area contributed by atoms with E-state index in [9.17, 15) is 0 Å². The molecule has 0 aliphatic rings. The van der Waals surface area contributed by atoms with E-state index in [-0.39, 0.29) is 6.04 Å². The fourth-order valence-electron chi connectivity index (χ4n) is 2.03. The third-order valence-corrected chi connectivity index (χ3v) is 4.07. The molecule has 0 amide bonds. The molecular weight excluding hydrogens is 301 g/mol. The van der Waals surface area contributed by atoms with E-state index >= 15 is 0 Å². The summed E-state index contributed by atoms with van der Waals surface area (Å²) in [6.07, 6.45) is 0. The van der Waals surface area contributed by atoms with Gasteiger partial charge in [0.2, 0.25) is 0 Å². The minimum atomic E-state index is -0.0377. The van der Waals surface area contributed by atoms with Gasteiger partial charge in [-0.3, -0.25) is 0 Å². The van der Waals surface area contributed by atoms with Crippen molar-refractivity contribution in [3.8, 4) is 0 Å². The van der Waals surface area contributed by atoms with Crippen LogP contribution in [0.2, 0.25) is 15.1 Å². The van der Waals surface area contributed by atoms with Gasteiger partial charge < -0.3 is 5.32 Å². The van der Waals surface area contributed by atoms with E-state index < -0.39 is 0 Å². The van der Waals surface area contributed by atoms with Crippen LogP contribution >= 0.6 is 34.8 Å². The zero-order valence-corrected chi connectivity index (χ0v) is 12.9. The number of halogens is 3. The highest BCUT2D eigenvalue weighted by Crippen LogP contribution is 2.32. The van der Waals surface area contributed by atoms with E-state index in [0.29, 0.717) is 10.0 Å². The Balaban J connectivity index is 2.49. The summed E-state index contributed by atoms with van der Waals surface area (Å²) in [5.41, 5.74) is 3.05. The van der Waals surface area contributed by atoms with Crippen LogP contribution in [0.1, 0.15) is 22.7 Å². The van der Waals surface area contributed by atoms with Gasteiger partial charge in [0.15, 0.2) is 0 Å². The predicted octanol–water partition coefficient (Wildman–Crippen LogP) is 5.26. The van der Waals surface area contributed by atoms with Gasteiger partial charge in [-0.25, -0.2) is 0 Å².